The van der Waals surface area contributed by atoms with E-state index in [0.29, 0.717) is 11.3 Å². The van der Waals surface area contributed by atoms with E-state index >= 15 is 0 Å². The molecule has 4 rings (SSSR count). The van der Waals surface area contributed by atoms with Gasteiger partial charge in [-0.15, -0.1) is 0 Å². The van der Waals surface area contributed by atoms with Gasteiger partial charge in [0, 0.05) is 23.0 Å². The molecular formula is C25H24N2O6. The minimum absolute atomic E-state index is 0.00240. The molecule has 170 valence electrons. The summed E-state index contributed by atoms with van der Waals surface area (Å²) >= 11 is 0. The van der Waals surface area contributed by atoms with Gasteiger partial charge in [0.15, 0.2) is 6.61 Å². The summed E-state index contributed by atoms with van der Waals surface area (Å²) in [6.45, 7) is 7.43. The molecule has 8 heteroatoms. The van der Waals surface area contributed by atoms with E-state index in [-0.39, 0.29) is 35.1 Å². The van der Waals surface area contributed by atoms with Crippen LogP contribution in [0, 0.1) is 13.8 Å². The Morgan fingerprint density at radius 2 is 1.76 bits per heavy atom. The first-order chi connectivity index (χ1) is 15.7. The topological polar surface area (TPSA) is 98.8 Å². The number of hydrogen-bond acceptors (Lipinski definition) is 6. The average Bonchev–Trinajstić information content (AvgIpc) is 3.46. The molecule has 1 aromatic carbocycles. The van der Waals surface area contributed by atoms with Crippen LogP contribution < -0.4 is 0 Å². The van der Waals surface area contributed by atoms with Gasteiger partial charge >= 0.3 is 5.97 Å². The monoisotopic (exact) mass is 448 g/mol. The van der Waals surface area contributed by atoms with Gasteiger partial charge in [-0.25, -0.2) is 4.79 Å². The molecule has 2 amide bonds. The number of esters is 1. The number of carbonyl (C=O) groups is 4. The highest BCUT2D eigenvalue weighted by atomic mass is 16.5. The van der Waals surface area contributed by atoms with Gasteiger partial charge in [0.25, 0.3) is 11.8 Å². The number of imide groups is 1. The predicted molar refractivity (Wildman–Crippen MR) is 118 cm³/mol. The molecule has 0 saturated heterocycles. The lowest BCUT2D eigenvalue weighted by Gasteiger charge is -2.13. The van der Waals surface area contributed by atoms with Crippen LogP contribution in [0.1, 0.15) is 78.5 Å². The number of carbonyl (C=O) groups excluding carboxylic acids is 4. The van der Waals surface area contributed by atoms with Gasteiger partial charge in [-0.05, 0) is 64.1 Å². The van der Waals surface area contributed by atoms with Gasteiger partial charge in [0.05, 0.1) is 29.5 Å². The maximum absolute atomic E-state index is 12.7. The summed E-state index contributed by atoms with van der Waals surface area (Å²) in [5, 5.41) is 0. The van der Waals surface area contributed by atoms with Crippen LogP contribution in [0.4, 0.5) is 0 Å². The van der Waals surface area contributed by atoms with Crippen molar-refractivity contribution >= 4 is 23.6 Å². The molecule has 0 spiro atoms. The van der Waals surface area contributed by atoms with Crippen LogP contribution in [0.15, 0.2) is 47.1 Å². The van der Waals surface area contributed by atoms with E-state index in [9.17, 15) is 19.2 Å². The summed E-state index contributed by atoms with van der Waals surface area (Å²) < 4.78 is 12.5. The molecule has 0 unspecified atom stereocenters. The van der Waals surface area contributed by atoms with Crippen molar-refractivity contribution in [1.29, 1.82) is 0 Å². The second kappa shape index (κ2) is 8.54. The number of furan rings is 1. The summed E-state index contributed by atoms with van der Waals surface area (Å²) in [7, 11) is 0. The fraction of sp³-hybridized carbons (Fsp3) is 0.280. The van der Waals surface area contributed by atoms with Crippen molar-refractivity contribution in [3.8, 4) is 0 Å². The molecular weight excluding hydrogens is 424 g/mol. The summed E-state index contributed by atoms with van der Waals surface area (Å²) in [5.41, 5.74) is 2.71. The van der Waals surface area contributed by atoms with Crippen LogP contribution in [-0.4, -0.2) is 39.6 Å². The highest BCUT2D eigenvalue weighted by Gasteiger charge is 2.36. The average molecular weight is 448 g/mol. The molecule has 2 aromatic heterocycles. The zero-order valence-electron chi connectivity index (χ0n) is 18.9. The number of aryl methyl sites for hydroxylation is 1. The summed E-state index contributed by atoms with van der Waals surface area (Å²) in [5.74, 6) is -1.55. The lowest BCUT2D eigenvalue weighted by molar-refractivity contribution is 0.0474. The van der Waals surface area contributed by atoms with Crippen LogP contribution in [0.5, 0.6) is 0 Å². The Hall–Kier alpha value is -3.94. The number of amides is 2. The predicted octanol–water partition coefficient (Wildman–Crippen LogP) is 4.11. The van der Waals surface area contributed by atoms with Gasteiger partial charge in [-0.3, -0.25) is 19.3 Å². The SMILES string of the molecule is Cc1cc(C(=O)COC(=O)c2ccc3c(c2)C(=O)N(Cc2ccco2)C3=O)c(C)n1C(C)C. The molecule has 3 aromatic rings. The second-order valence-corrected chi connectivity index (χ2v) is 8.28. The number of nitrogens with zero attached hydrogens (tertiary/aromatic N) is 2. The molecule has 0 bridgehead atoms. The third-order valence-corrected chi connectivity index (χ3v) is 5.74. The first-order valence-electron chi connectivity index (χ1n) is 10.6. The van der Waals surface area contributed by atoms with Crippen molar-refractivity contribution in [3.63, 3.8) is 0 Å². The second-order valence-electron chi connectivity index (χ2n) is 8.28. The highest BCUT2D eigenvalue weighted by molar-refractivity contribution is 6.21. The number of hydrogen-bond donors (Lipinski definition) is 0. The summed E-state index contributed by atoms with van der Waals surface area (Å²) in [4.78, 5) is 51.6. The number of aromatic nitrogens is 1. The van der Waals surface area contributed by atoms with Crippen LogP contribution in [0.2, 0.25) is 0 Å². The molecule has 0 atom stereocenters. The minimum Gasteiger partial charge on any atom is -0.467 e. The fourth-order valence-electron chi connectivity index (χ4n) is 4.27. The molecule has 0 fully saturated rings. The Bertz CT molecular complexity index is 1270. The summed E-state index contributed by atoms with van der Waals surface area (Å²) in [6, 6.07) is 9.50. The Morgan fingerprint density at radius 1 is 1.03 bits per heavy atom. The minimum atomic E-state index is -0.742. The van der Waals surface area contributed by atoms with Crippen LogP contribution in [-0.2, 0) is 11.3 Å². The van der Waals surface area contributed by atoms with Gasteiger partial charge in [-0.1, -0.05) is 0 Å². The van der Waals surface area contributed by atoms with Gasteiger partial charge < -0.3 is 13.7 Å². The number of ketones is 1. The van der Waals surface area contributed by atoms with Crippen LogP contribution >= 0.6 is 0 Å². The first-order valence-corrected chi connectivity index (χ1v) is 10.6. The molecule has 0 radical (unpaired) electrons. The standard InChI is InChI=1S/C25H24N2O6/c1-14(2)27-15(3)10-20(16(27)4)22(28)13-33-25(31)17-7-8-19-21(11-17)24(30)26(23(19)29)12-18-6-5-9-32-18/h5-11,14H,12-13H2,1-4H3. The number of ether oxygens (including phenoxy) is 1. The lowest BCUT2D eigenvalue weighted by Crippen LogP contribution is -2.28. The number of fused-ring (bicyclic) bond motifs is 1. The Kier molecular flexibility index (Phi) is 5.76. The third kappa shape index (κ3) is 4.00. The van der Waals surface area contributed by atoms with Crippen molar-refractivity contribution in [3.05, 3.63) is 82.1 Å². The van der Waals surface area contributed by atoms with Crippen molar-refractivity contribution in [2.75, 3.05) is 6.61 Å². The van der Waals surface area contributed by atoms with Crippen LogP contribution in [0.25, 0.3) is 0 Å². The van der Waals surface area contributed by atoms with E-state index < -0.39 is 24.4 Å². The molecule has 1 aliphatic heterocycles. The van der Waals surface area contributed by atoms with Gasteiger partial charge in [-0.2, -0.15) is 0 Å². The van der Waals surface area contributed by atoms with Crippen molar-refractivity contribution in [2.24, 2.45) is 0 Å². The molecule has 0 saturated carbocycles. The van der Waals surface area contributed by atoms with E-state index in [1.807, 2.05) is 32.3 Å². The molecule has 0 N–H and O–H groups in total. The fourth-order valence-corrected chi connectivity index (χ4v) is 4.27. The van der Waals surface area contributed by atoms with E-state index in [1.54, 1.807) is 18.2 Å². The maximum Gasteiger partial charge on any atom is 0.338 e. The lowest BCUT2D eigenvalue weighted by atomic mass is 10.1. The Balaban J connectivity index is 1.46. The molecule has 33 heavy (non-hydrogen) atoms. The maximum atomic E-state index is 12.7. The van der Waals surface area contributed by atoms with E-state index in [4.69, 9.17) is 9.15 Å². The Morgan fingerprint density at radius 3 is 2.39 bits per heavy atom. The molecule has 1 aliphatic rings. The smallest absolute Gasteiger partial charge is 0.338 e. The van der Waals surface area contributed by atoms with Crippen molar-refractivity contribution in [1.82, 2.24) is 9.47 Å². The Labute approximate surface area is 190 Å². The molecule has 0 aliphatic carbocycles. The van der Waals surface area contributed by atoms with Crippen molar-refractivity contribution in [2.45, 2.75) is 40.3 Å². The van der Waals surface area contributed by atoms with E-state index in [1.165, 1.54) is 24.5 Å². The van der Waals surface area contributed by atoms with Gasteiger partial charge in [0.1, 0.15) is 5.76 Å². The van der Waals surface area contributed by atoms with E-state index in [0.717, 1.165) is 16.3 Å². The first kappa shape index (κ1) is 22.3. The third-order valence-electron chi connectivity index (χ3n) is 5.74. The molecule has 8 nitrogen and oxygen atoms in total. The normalized spacial score (nSPS) is 13.1. The van der Waals surface area contributed by atoms with E-state index in [2.05, 4.69) is 0 Å². The van der Waals surface area contributed by atoms with Gasteiger partial charge in [0.2, 0.25) is 5.78 Å². The zero-order valence-corrected chi connectivity index (χ0v) is 18.9. The van der Waals surface area contributed by atoms with Crippen molar-refractivity contribution < 1.29 is 28.3 Å². The number of Topliss-reactive ketones (excluding diaryl/α,β-unsaturated/α-hetero) is 1. The highest BCUT2D eigenvalue weighted by Crippen LogP contribution is 2.26. The quantitative estimate of drug-likeness (QED) is 0.306. The summed E-state index contributed by atoms with van der Waals surface area (Å²) in [6.07, 6.45) is 1.46. The zero-order chi connectivity index (χ0) is 23.9. The largest absolute Gasteiger partial charge is 0.467 e. The molecule has 3 heterocycles. The number of benzene rings is 1. The number of rotatable bonds is 7. The van der Waals surface area contributed by atoms with Crippen LogP contribution in [0.3, 0.4) is 0 Å².